The molecule has 1 unspecified atom stereocenters. The van der Waals surface area contributed by atoms with Crippen LogP contribution in [-0.2, 0) is 9.47 Å². The van der Waals surface area contributed by atoms with E-state index in [4.69, 9.17) is 9.47 Å². The summed E-state index contributed by atoms with van der Waals surface area (Å²) in [5.74, 6) is 0. The summed E-state index contributed by atoms with van der Waals surface area (Å²) in [6.07, 6.45) is -0.326. The van der Waals surface area contributed by atoms with Crippen molar-refractivity contribution in [2.75, 3.05) is 19.8 Å². The van der Waals surface area contributed by atoms with E-state index < -0.39 is 5.60 Å². The average Bonchev–Trinajstić information content (AvgIpc) is 2.37. The topological polar surface area (TPSA) is 51.7 Å². The Morgan fingerprint density at radius 2 is 2.25 bits per heavy atom. The van der Waals surface area contributed by atoms with Crippen molar-refractivity contribution >= 4 is 22.0 Å². The summed E-state index contributed by atoms with van der Waals surface area (Å²) >= 11 is 3.35. The molecule has 6 heteroatoms. The molecule has 1 amide bonds. The van der Waals surface area contributed by atoms with Crippen LogP contribution in [0.15, 0.2) is 22.8 Å². The van der Waals surface area contributed by atoms with Crippen LogP contribution in [0.5, 0.6) is 0 Å². The van der Waals surface area contributed by atoms with Gasteiger partial charge in [0.05, 0.1) is 18.9 Å². The van der Waals surface area contributed by atoms with E-state index in [1.54, 1.807) is 4.90 Å². The quantitative estimate of drug-likeness (QED) is 0.735. The normalized spacial score (nSPS) is 19.8. The van der Waals surface area contributed by atoms with Gasteiger partial charge in [0.1, 0.15) is 16.2 Å². The lowest BCUT2D eigenvalue weighted by atomic mass is 10.1. The number of carbonyl (C=O) groups excluding carboxylic acids is 1. The molecule has 0 saturated carbocycles. The fraction of sp³-hybridized carbons (Fsp3) is 0.571. The van der Waals surface area contributed by atoms with Gasteiger partial charge < -0.3 is 9.47 Å². The predicted molar refractivity (Wildman–Crippen MR) is 78.4 cm³/mol. The Bertz CT molecular complexity index is 488. The van der Waals surface area contributed by atoms with Gasteiger partial charge in [-0.25, -0.2) is 9.78 Å². The molecular formula is C14H19BrN2O3. The molecule has 2 heterocycles. The minimum absolute atomic E-state index is 0.212. The zero-order valence-corrected chi connectivity index (χ0v) is 13.5. The van der Waals surface area contributed by atoms with Gasteiger partial charge in [-0.2, -0.15) is 0 Å². The lowest BCUT2D eigenvalue weighted by Crippen LogP contribution is -2.46. The number of carbonyl (C=O) groups is 1. The maximum Gasteiger partial charge on any atom is 0.411 e. The van der Waals surface area contributed by atoms with Crippen LogP contribution in [-0.4, -0.2) is 41.3 Å². The maximum atomic E-state index is 12.3. The second kappa shape index (κ2) is 6.10. The molecule has 1 aliphatic heterocycles. The highest BCUT2D eigenvalue weighted by Gasteiger charge is 2.32. The second-order valence-electron chi connectivity index (χ2n) is 5.65. The molecule has 0 N–H and O–H groups in total. The molecule has 2 rings (SSSR count). The third kappa shape index (κ3) is 3.93. The van der Waals surface area contributed by atoms with Crippen molar-refractivity contribution in [3.8, 4) is 0 Å². The number of rotatable bonds is 1. The van der Waals surface area contributed by atoms with E-state index in [0.29, 0.717) is 19.8 Å². The van der Waals surface area contributed by atoms with Crippen molar-refractivity contribution < 1.29 is 14.3 Å². The number of ether oxygens (including phenoxy) is 2. The van der Waals surface area contributed by atoms with E-state index in [-0.39, 0.29) is 12.1 Å². The predicted octanol–water partition coefficient (Wildman–Crippen LogP) is 3.15. The SMILES string of the molecule is CC(C)(C)OC(=O)N1CCOCC1c1cccc(Br)n1. The number of hydrogen-bond acceptors (Lipinski definition) is 4. The number of amides is 1. The van der Waals surface area contributed by atoms with Crippen molar-refractivity contribution in [3.63, 3.8) is 0 Å². The molecule has 0 spiro atoms. The monoisotopic (exact) mass is 342 g/mol. The molecule has 1 aromatic heterocycles. The lowest BCUT2D eigenvalue weighted by Gasteiger charge is -2.36. The minimum Gasteiger partial charge on any atom is -0.444 e. The average molecular weight is 343 g/mol. The van der Waals surface area contributed by atoms with Crippen LogP contribution < -0.4 is 0 Å². The van der Waals surface area contributed by atoms with Gasteiger partial charge >= 0.3 is 6.09 Å². The fourth-order valence-corrected chi connectivity index (χ4v) is 2.35. The number of morpholine rings is 1. The highest BCUT2D eigenvalue weighted by atomic mass is 79.9. The van der Waals surface area contributed by atoms with E-state index in [1.165, 1.54) is 0 Å². The van der Waals surface area contributed by atoms with E-state index >= 15 is 0 Å². The van der Waals surface area contributed by atoms with Crippen molar-refractivity contribution in [1.29, 1.82) is 0 Å². The zero-order chi connectivity index (χ0) is 14.8. The van der Waals surface area contributed by atoms with E-state index in [1.807, 2.05) is 39.0 Å². The van der Waals surface area contributed by atoms with Gasteiger partial charge in [-0.1, -0.05) is 6.07 Å². The molecule has 0 aromatic carbocycles. The van der Waals surface area contributed by atoms with E-state index in [2.05, 4.69) is 20.9 Å². The Labute approximate surface area is 127 Å². The van der Waals surface area contributed by atoms with E-state index in [9.17, 15) is 4.79 Å². The standard InChI is InChI=1S/C14H19BrN2O3/c1-14(2,3)20-13(18)17-7-8-19-9-11(17)10-5-4-6-12(15)16-10/h4-6,11H,7-9H2,1-3H3. The highest BCUT2D eigenvalue weighted by molar-refractivity contribution is 9.10. The first-order valence-corrected chi connectivity index (χ1v) is 7.36. The molecule has 1 atom stereocenters. The van der Waals surface area contributed by atoms with Crippen molar-refractivity contribution in [3.05, 3.63) is 28.5 Å². The Kier molecular flexibility index (Phi) is 4.65. The van der Waals surface area contributed by atoms with Crippen LogP contribution >= 0.6 is 15.9 Å². The Hall–Kier alpha value is -1.14. The molecular weight excluding hydrogens is 324 g/mol. The number of aromatic nitrogens is 1. The van der Waals surface area contributed by atoms with Gasteiger partial charge in [-0.05, 0) is 48.8 Å². The summed E-state index contributed by atoms with van der Waals surface area (Å²) < 4.78 is 11.7. The Balaban J connectivity index is 2.19. The van der Waals surface area contributed by atoms with Gasteiger partial charge in [0.2, 0.25) is 0 Å². The summed E-state index contributed by atoms with van der Waals surface area (Å²) in [6.45, 7) is 7.04. The number of pyridine rings is 1. The van der Waals surface area contributed by atoms with Crippen molar-refractivity contribution in [1.82, 2.24) is 9.88 Å². The Morgan fingerprint density at radius 1 is 1.50 bits per heavy atom. The van der Waals surface area contributed by atoms with Gasteiger partial charge in [0.25, 0.3) is 0 Å². The smallest absolute Gasteiger partial charge is 0.411 e. The van der Waals surface area contributed by atoms with Crippen molar-refractivity contribution in [2.45, 2.75) is 32.4 Å². The first-order chi connectivity index (χ1) is 9.37. The third-order valence-corrected chi connectivity index (χ3v) is 3.28. The number of hydrogen-bond donors (Lipinski definition) is 0. The van der Waals surface area contributed by atoms with Gasteiger partial charge in [-0.3, -0.25) is 4.90 Å². The Morgan fingerprint density at radius 3 is 2.90 bits per heavy atom. The summed E-state index contributed by atoms with van der Waals surface area (Å²) in [5.41, 5.74) is 0.287. The van der Waals surface area contributed by atoms with Crippen LogP contribution in [0.4, 0.5) is 4.79 Å². The summed E-state index contributed by atoms with van der Waals surface area (Å²) in [5, 5.41) is 0. The van der Waals surface area contributed by atoms with E-state index in [0.717, 1.165) is 10.3 Å². The summed E-state index contributed by atoms with van der Waals surface area (Å²) in [4.78, 5) is 18.4. The summed E-state index contributed by atoms with van der Waals surface area (Å²) in [6, 6.07) is 5.43. The highest BCUT2D eigenvalue weighted by Crippen LogP contribution is 2.25. The van der Waals surface area contributed by atoms with Crippen LogP contribution in [0.1, 0.15) is 32.5 Å². The summed E-state index contributed by atoms with van der Waals surface area (Å²) in [7, 11) is 0. The largest absolute Gasteiger partial charge is 0.444 e. The molecule has 110 valence electrons. The second-order valence-corrected chi connectivity index (χ2v) is 6.46. The van der Waals surface area contributed by atoms with Crippen LogP contribution in [0.25, 0.3) is 0 Å². The molecule has 0 bridgehead atoms. The molecule has 1 fully saturated rings. The van der Waals surface area contributed by atoms with Crippen LogP contribution in [0.3, 0.4) is 0 Å². The van der Waals surface area contributed by atoms with Crippen LogP contribution in [0, 0.1) is 0 Å². The molecule has 0 aliphatic carbocycles. The molecule has 1 aromatic rings. The molecule has 1 aliphatic rings. The molecule has 0 radical (unpaired) electrons. The first kappa shape index (κ1) is 15.3. The van der Waals surface area contributed by atoms with Gasteiger partial charge in [-0.15, -0.1) is 0 Å². The lowest BCUT2D eigenvalue weighted by molar-refractivity contribution is -0.0340. The third-order valence-electron chi connectivity index (χ3n) is 2.83. The van der Waals surface area contributed by atoms with Crippen LogP contribution in [0.2, 0.25) is 0 Å². The molecule has 20 heavy (non-hydrogen) atoms. The molecule has 5 nitrogen and oxygen atoms in total. The van der Waals surface area contributed by atoms with Crippen molar-refractivity contribution in [2.24, 2.45) is 0 Å². The van der Waals surface area contributed by atoms with Gasteiger partial charge in [0.15, 0.2) is 0 Å². The zero-order valence-electron chi connectivity index (χ0n) is 11.9. The number of nitrogens with zero attached hydrogens (tertiary/aromatic N) is 2. The maximum absolute atomic E-state index is 12.3. The fourth-order valence-electron chi connectivity index (χ4n) is 2.00. The number of halogens is 1. The minimum atomic E-state index is -0.509. The molecule has 1 saturated heterocycles. The first-order valence-electron chi connectivity index (χ1n) is 6.56. The van der Waals surface area contributed by atoms with Gasteiger partial charge in [0, 0.05) is 6.54 Å².